The second kappa shape index (κ2) is 5.81. The predicted octanol–water partition coefficient (Wildman–Crippen LogP) is 4.31. The molecule has 0 radical (unpaired) electrons. The van der Waals surface area contributed by atoms with Gasteiger partial charge in [0.1, 0.15) is 0 Å². The zero-order valence-electron chi connectivity index (χ0n) is 9.19. The molecule has 0 unspecified atom stereocenters. The highest BCUT2D eigenvalue weighted by Crippen LogP contribution is 2.24. The third-order valence-electron chi connectivity index (χ3n) is 2.37. The Hall–Kier alpha value is -1.37. The Kier molecular flexibility index (Phi) is 4.13. The molecule has 0 saturated heterocycles. The second-order valence-electron chi connectivity index (χ2n) is 3.65. The van der Waals surface area contributed by atoms with E-state index in [-0.39, 0.29) is 0 Å². The summed E-state index contributed by atoms with van der Waals surface area (Å²) in [5, 5.41) is 12.3. The van der Waals surface area contributed by atoms with E-state index in [9.17, 15) is 0 Å². The monoisotopic (exact) mass is 262 g/mol. The van der Waals surface area contributed by atoms with Crippen LogP contribution in [0.4, 0.5) is 0 Å². The molecule has 1 heterocycles. The number of aryl methyl sites for hydroxylation is 1. The Labute approximate surface area is 110 Å². The van der Waals surface area contributed by atoms with E-state index in [2.05, 4.69) is 11.1 Å². The number of nitriles is 1. The molecule has 0 saturated carbocycles. The average molecular weight is 263 g/mol. The Bertz CT molecular complexity index is 525. The van der Waals surface area contributed by atoms with Gasteiger partial charge in [-0.2, -0.15) is 5.26 Å². The molecule has 0 atom stereocenters. The van der Waals surface area contributed by atoms with Gasteiger partial charge in [0.05, 0.1) is 16.8 Å². The molecule has 0 bridgehead atoms. The molecular weight excluding hydrogens is 252 g/mol. The Morgan fingerprint density at radius 1 is 1.29 bits per heavy atom. The topological polar surface area (TPSA) is 36.7 Å². The third-order valence-corrected chi connectivity index (χ3v) is 3.53. The highest BCUT2D eigenvalue weighted by Gasteiger charge is 2.04. The number of hydrogen-bond acceptors (Lipinski definition) is 3. The summed E-state index contributed by atoms with van der Waals surface area (Å²) in [6.45, 7) is 0. The maximum atomic E-state index is 8.47. The lowest BCUT2D eigenvalue weighted by Gasteiger charge is -1.96. The summed E-state index contributed by atoms with van der Waals surface area (Å²) in [6, 6.07) is 9.82. The van der Waals surface area contributed by atoms with E-state index >= 15 is 0 Å². The number of benzene rings is 1. The maximum absolute atomic E-state index is 8.47. The van der Waals surface area contributed by atoms with Crippen molar-refractivity contribution in [3.63, 3.8) is 0 Å². The van der Waals surface area contributed by atoms with Crippen LogP contribution in [0, 0.1) is 11.3 Å². The summed E-state index contributed by atoms with van der Waals surface area (Å²) in [7, 11) is 0. The molecule has 17 heavy (non-hydrogen) atoms. The number of halogens is 1. The predicted molar refractivity (Wildman–Crippen MR) is 71.1 cm³/mol. The van der Waals surface area contributed by atoms with E-state index in [1.165, 1.54) is 0 Å². The molecule has 2 nitrogen and oxygen atoms in total. The first kappa shape index (κ1) is 12.1. The van der Waals surface area contributed by atoms with Gasteiger partial charge in [-0.25, -0.2) is 4.98 Å². The molecule has 0 spiro atoms. The lowest BCUT2D eigenvalue weighted by molar-refractivity contribution is 0.843. The van der Waals surface area contributed by atoms with Crippen LogP contribution in [-0.4, -0.2) is 4.98 Å². The van der Waals surface area contributed by atoms with E-state index in [0.717, 1.165) is 34.1 Å². The van der Waals surface area contributed by atoms with Crippen molar-refractivity contribution >= 4 is 22.9 Å². The smallest absolute Gasteiger partial charge is 0.0932 e. The quantitative estimate of drug-likeness (QED) is 0.770. The van der Waals surface area contributed by atoms with Crippen molar-refractivity contribution in [2.75, 3.05) is 0 Å². The molecule has 0 N–H and O–H groups in total. The SMILES string of the molecule is N#CCCCc1nc(-c2ccc(Cl)cc2)cs1. The number of aromatic nitrogens is 1. The zero-order valence-corrected chi connectivity index (χ0v) is 10.8. The summed E-state index contributed by atoms with van der Waals surface area (Å²) in [5.74, 6) is 0. The molecule has 2 aromatic rings. The van der Waals surface area contributed by atoms with Crippen LogP contribution < -0.4 is 0 Å². The van der Waals surface area contributed by atoms with Gasteiger partial charge < -0.3 is 0 Å². The minimum atomic E-state index is 0.593. The van der Waals surface area contributed by atoms with Gasteiger partial charge in [-0.3, -0.25) is 0 Å². The molecule has 86 valence electrons. The number of rotatable bonds is 4. The number of thiazole rings is 1. The highest BCUT2D eigenvalue weighted by molar-refractivity contribution is 7.09. The molecular formula is C13H11ClN2S. The molecule has 0 amide bonds. The van der Waals surface area contributed by atoms with Crippen molar-refractivity contribution < 1.29 is 0 Å². The Morgan fingerprint density at radius 2 is 2.06 bits per heavy atom. The van der Waals surface area contributed by atoms with Crippen LogP contribution >= 0.6 is 22.9 Å². The van der Waals surface area contributed by atoms with Crippen molar-refractivity contribution in [2.24, 2.45) is 0 Å². The van der Waals surface area contributed by atoms with Gasteiger partial charge in [0, 0.05) is 28.8 Å². The summed E-state index contributed by atoms with van der Waals surface area (Å²) in [6.07, 6.45) is 2.35. The first-order valence-electron chi connectivity index (χ1n) is 5.37. The van der Waals surface area contributed by atoms with Crippen molar-refractivity contribution in [2.45, 2.75) is 19.3 Å². The minimum absolute atomic E-state index is 0.593. The van der Waals surface area contributed by atoms with Gasteiger partial charge >= 0.3 is 0 Å². The lowest BCUT2D eigenvalue weighted by Crippen LogP contribution is -1.84. The molecule has 0 aliphatic heterocycles. The van der Waals surface area contributed by atoms with Crippen molar-refractivity contribution in [1.29, 1.82) is 5.26 Å². The molecule has 1 aromatic heterocycles. The van der Waals surface area contributed by atoms with Crippen molar-refractivity contribution in [1.82, 2.24) is 4.98 Å². The fourth-order valence-corrected chi connectivity index (χ4v) is 2.47. The van der Waals surface area contributed by atoms with Crippen LogP contribution in [0.3, 0.4) is 0 Å². The van der Waals surface area contributed by atoms with E-state index in [1.54, 1.807) is 11.3 Å². The summed E-state index contributed by atoms with van der Waals surface area (Å²) in [5.41, 5.74) is 2.07. The largest absolute Gasteiger partial charge is 0.241 e. The van der Waals surface area contributed by atoms with Gasteiger partial charge in [-0.15, -0.1) is 11.3 Å². The van der Waals surface area contributed by atoms with Crippen LogP contribution in [-0.2, 0) is 6.42 Å². The molecule has 2 rings (SSSR count). The number of nitrogens with zero attached hydrogens (tertiary/aromatic N) is 2. The first-order valence-corrected chi connectivity index (χ1v) is 6.62. The van der Waals surface area contributed by atoms with Gasteiger partial charge in [0.2, 0.25) is 0 Å². The van der Waals surface area contributed by atoms with E-state index in [4.69, 9.17) is 16.9 Å². The average Bonchev–Trinajstić information content (AvgIpc) is 2.79. The fraction of sp³-hybridized carbons (Fsp3) is 0.231. The zero-order chi connectivity index (χ0) is 12.1. The molecule has 4 heteroatoms. The molecule has 0 aliphatic carbocycles. The van der Waals surface area contributed by atoms with Gasteiger partial charge in [-0.05, 0) is 18.6 Å². The summed E-state index contributed by atoms with van der Waals surface area (Å²) >= 11 is 7.49. The summed E-state index contributed by atoms with van der Waals surface area (Å²) < 4.78 is 0. The Balaban J connectivity index is 2.08. The number of unbranched alkanes of at least 4 members (excludes halogenated alkanes) is 1. The standard InChI is InChI=1S/C13H11ClN2S/c14-11-6-4-10(5-7-11)12-9-17-13(16-12)3-1-2-8-15/h4-7,9H,1-3H2. The van der Waals surface area contributed by atoms with Crippen LogP contribution in [0.15, 0.2) is 29.6 Å². The molecule has 0 fully saturated rings. The van der Waals surface area contributed by atoms with Crippen LogP contribution in [0.2, 0.25) is 5.02 Å². The van der Waals surface area contributed by atoms with Gasteiger partial charge in [0.15, 0.2) is 0 Å². The maximum Gasteiger partial charge on any atom is 0.0932 e. The van der Waals surface area contributed by atoms with Gasteiger partial charge in [-0.1, -0.05) is 23.7 Å². The van der Waals surface area contributed by atoms with Gasteiger partial charge in [0.25, 0.3) is 0 Å². The minimum Gasteiger partial charge on any atom is -0.241 e. The highest BCUT2D eigenvalue weighted by atomic mass is 35.5. The van der Waals surface area contributed by atoms with E-state index in [0.29, 0.717) is 6.42 Å². The molecule has 0 aliphatic rings. The third kappa shape index (κ3) is 3.29. The van der Waals surface area contributed by atoms with Crippen LogP contribution in [0.25, 0.3) is 11.3 Å². The lowest BCUT2D eigenvalue weighted by atomic mass is 10.2. The van der Waals surface area contributed by atoms with Crippen molar-refractivity contribution in [3.8, 4) is 17.3 Å². The summed E-state index contributed by atoms with van der Waals surface area (Å²) in [4.78, 5) is 4.55. The first-order chi connectivity index (χ1) is 8.29. The van der Waals surface area contributed by atoms with Crippen molar-refractivity contribution in [3.05, 3.63) is 39.7 Å². The molecule has 1 aromatic carbocycles. The van der Waals surface area contributed by atoms with Crippen LogP contribution in [0.5, 0.6) is 0 Å². The normalized spacial score (nSPS) is 10.1. The van der Waals surface area contributed by atoms with E-state index in [1.807, 2.05) is 29.6 Å². The van der Waals surface area contributed by atoms with Crippen LogP contribution in [0.1, 0.15) is 17.8 Å². The van der Waals surface area contributed by atoms with E-state index < -0.39 is 0 Å². The Morgan fingerprint density at radius 3 is 2.76 bits per heavy atom. The second-order valence-corrected chi connectivity index (χ2v) is 5.02. The number of hydrogen-bond donors (Lipinski definition) is 0. The fourth-order valence-electron chi connectivity index (χ4n) is 1.50.